The lowest BCUT2D eigenvalue weighted by atomic mass is 10.2. The monoisotopic (exact) mass is 464 g/mol. The number of hydrogen-bond acceptors (Lipinski definition) is 4. The largest absolute Gasteiger partial charge is 0.324 e. The van der Waals surface area contributed by atoms with Gasteiger partial charge in [0, 0.05) is 15.6 Å². The molecule has 3 aromatic rings. The highest BCUT2D eigenvalue weighted by Crippen LogP contribution is 2.30. The van der Waals surface area contributed by atoms with Gasteiger partial charge in [-0.15, -0.1) is 23.1 Å². The molecule has 8 heteroatoms. The van der Waals surface area contributed by atoms with Gasteiger partial charge >= 0.3 is 0 Å². The summed E-state index contributed by atoms with van der Waals surface area (Å²) in [5, 5.41) is 8.19. The van der Waals surface area contributed by atoms with Crippen molar-refractivity contribution >= 4 is 69.5 Å². The molecule has 0 spiro atoms. The molecule has 1 aromatic heterocycles. The normalized spacial score (nSPS) is 11.7. The minimum absolute atomic E-state index is 0.144. The molecule has 0 bridgehead atoms. The van der Waals surface area contributed by atoms with Gasteiger partial charge in [-0.05, 0) is 54.3 Å². The average Bonchev–Trinajstić information content (AvgIpc) is 3.23. The minimum Gasteiger partial charge on any atom is -0.324 e. The summed E-state index contributed by atoms with van der Waals surface area (Å²) < 4.78 is 0. The molecule has 0 saturated heterocycles. The third-order valence-corrected chi connectivity index (χ3v) is 6.74. The zero-order valence-electron chi connectivity index (χ0n) is 15.4. The number of anilines is 2. The van der Waals surface area contributed by atoms with Crippen LogP contribution < -0.4 is 10.6 Å². The first-order chi connectivity index (χ1) is 14.0. The number of carbonyl (C=O) groups is 2. The maximum absolute atomic E-state index is 12.7. The summed E-state index contributed by atoms with van der Waals surface area (Å²) >= 11 is 14.9. The number of rotatable bonds is 7. The van der Waals surface area contributed by atoms with Gasteiger partial charge in [0.05, 0.1) is 20.8 Å². The van der Waals surface area contributed by atoms with Crippen LogP contribution in [0, 0.1) is 0 Å². The summed E-state index contributed by atoms with van der Waals surface area (Å²) in [5.74, 6) is -0.293. The van der Waals surface area contributed by atoms with E-state index in [-0.39, 0.29) is 17.1 Å². The van der Waals surface area contributed by atoms with Crippen molar-refractivity contribution in [2.75, 3.05) is 10.6 Å². The molecule has 0 aliphatic heterocycles. The number of amides is 2. The van der Waals surface area contributed by atoms with E-state index in [2.05, 4.69) is 10.6 Å². The van der Waals surface area contributed by atoms with E-state index in [1.165, 1.54) is 23.1 Å². The van der Waals surface area contributed by atoms with Crippen LogP contribution in [-0.4, -0.2) is 17.1 Å². The molecule has 3 rings (SSSR count). The van der Waals surface area contributed by atoms with E-state index in [1.807, 2.05) is 42.6 Å². The van der Waals surface area contributed by atoms with Crippen molar-refractivity contribution in [2.24, 2.45) is 0 Å². The summed E-state index contributed by atoms with van der Waals surface area (Å²) in [6.07, 6.45) is 0.632. The van der Waals surface area contributed by atoms with Crippen LogP contribution in [0.2, 0.25) is 10.0 Å². The fraction of sp³-hybridized carbons (Fsp3) is 0.143. The molecule has 0 radical (unpaired) electrons. The van der Waals surface area contributed by atoms with Crippen molar-refractivity contribution in [3.63, 3.8) is 0 Å². The molecular formula is C21H18Cl2N2O2S2. The third-order valence-electron chi connectivity index (χ3n) is 3.97. The van der Waals surface area contributed by atoms with Crippen LogP contribution in [-0.2, 0) is 4.79 Å². The fourth-order valence-corrected chi connectivity index (χ4v) is 4.63. The Morgan fingerprint density at radius 1 is 1.07 bits per heavy atom. The smallest absolute Gasteiger partial charge is 0.265 e. The predicted molar refractivity (Wildman–Crippen MR) is 124 cm³/mol. The van der Waals surface area contributed by atoms with Crippen molar-refractivity contribution in [1.29, 1.82) is 0 Å². The Kier molecular flexibility index (Phi) is 7.61. The summed E-state index contributed by atoms with van der Waals surface area (Å²) in [7, 11) is 0. The minimum atomic E-state index is -0.315. The molecule has 0 saturated carbocycles. The van der Waals surface area contributed by atoms with Crippen LogP contribution in [0.1, 0.15) is 23.0 Å². The first kappa shape index (κ1) is 21.7. The van der Waals surface area contributed by atoms with Crippen molar-refractivity contribution in [2.45, 2.75) is 23.5 Å². The highest BCUT2D eigenvalue weighted by atomic mass is 35.5. The van der Waals surface area contributed by atoms with Gasteiger partial charge in [0.15, 0.2) is 0 Å². The van der Waals surface area contributed by atoms with Gasteiger partial charge < -0.3 is 10.6 Å². The molecule has 1 atom stereocenters. The van der Waals surface area contributed by atoms with Crippen LogP contribution in [0.25, 0.3) is 0 Å². The van der Waals surface area contributed by atoms with Crippen molar-refractivity contribution in [3.8, 4) is 0 Å². The highest BCUT2D eigenvalue weighted by molar-refractivity contribution is 8.00. The van der Waals surface area contributed by atoms with Crippen LogP contribution in [0.4, 0.5) is 11.4 Å². The van der Waals surface area contributed by atoms with E-state index in [0.717, 1.165) is 4.90 Å². The molecule has 0 aliphatic rings. The molecule has 0 aliphatic carbocycles. The Morgan fingerprint density at radius 2 is 1.90 bits per heavy atom. The number of thiophene rings is 1. The zero-order valence-corrected chi connectivity index (χ0v) is 18.6. The van der Waals surface area contributed by atoms with Gasteiger partial charge in [-0.25, -0.2) is 0 Å². The van der Waals surface area contributed by atoms with E-state index in [4.69, 9.17) is 23.2 Å². The average molecular weight is 465 g/mol. The number of thioether (sulfide) groups is 1. The number of carbonyl (C=O) groups excluding carboxylic acids is 2. The second-order valence-corrected chi connectivity index (χ2v) is 9.15. The third kappa shape index (κ3) is 6.00. The van der Waals surface area contributed by atoms with Crippen molar-refractivity contribution in [1.82, 2.24) is 0 Å². The molecule has 2 amide bonds. The number of halogens is 2. The lowest BCUT2D eigenvalue weighted by Gasteiger charge is -2.16. The molecule has 150 valence electrons. The standard InChI is InChI=1S/C21H18Cl2N2O2S2/c1-2-18(20(26)25-17-9-8-13(22)11-16(17)23)29-15-6-3-5-14(12-15)24-21(27)19-7-4-10-28-19/h3-12,18H,2H2,1H3,(H,24,27)(H,25,26). The summed E-state index contributed by atoms with van der Waals surface area (Å²) in [4.78, 5) is 26.5. The summed E-state index contributed by atoms with van der Waals surface area (Å²) in [6, 6.07) is 16.0. The Balaban J connectivity index is 1.67. The predicted octanol–water partition coefficient (Wildman–Crippen LogP) is 6.82. The molecule has 1 unspecified atom stereocenters. The highest BCUT2D eigenvalue weighted by Gasteiger charge is 2.19. The van der Waals surface area contributed by atoms with Crippen molar-refractivity contribution in [3.05, 3.63) is 74.9 Å². The topological polar surface area (TPSA) is 58.2 Å². The zero-order chi connectivity index (χ0) is 20.8. The summed E-state index contributed by atoms with van der Waals surface area (Å²) in [5.41, 5.74) is 1.21. The maximum atomic E-state index is 12.7. The first-order valence-corrected chi connectivity index (χ1v) is 11.3. The van der Waals surface area contributed by atoms with Gasteiger partial charge in [0.1, 0.15) is 0 Å². The van der Waals surface area contributed by atoms with Gasteiger partial charge in [-0.2, -0.15) is 0 Å². The lowest BCUT2D eigenvalue weighted by molar-refractivity contribution is -0.115. The maximum Gasteiger partial charge on any atom is 0.265 e. The molecular weight excluding hydrogens is 447 g/mol. The van der Waals surface area contributed by atoms with Gasteiger partial charge in [-0.1, -0.05) is 42.3 Å². The van der Waals surface area contributed by atoms with Gasteiger partial charge in [0.25, 0.3) is 5.91 Å². The summed E-state index contributed by atoms with van der Waals surface area (Å²) in [6.45, 7) is 1.95. The van der Waals surface area contributed by atoms with Crippen LogP contribution in [0.5, 0.6) is 0 Å². The van der Waals surface area contributed by atoms with E-state index >= 15 is 0 Å². The molecule has 2 aromatic carbocycles. The fourth-order valence-electron chi connectivity index (χ4n) is 2.54. The SMILES string of the molecule is CCC(Sc1cccc(NC(=O)c2cccs2)c1)C(=O)Nc1ccc(Cl)cc1Cl. The second kappa shape index (κ2) is 10.2. The first-order valence-electron chi connectivity index (χ1n) is 8.83. The van der Waals surface area contributed by atoms with E-state index < -0.39 is 0 Å². The lowest BCUT2D eigenvalue weighted by Crippen LogP contribution is -2.24. The molecule has 29 heavy (non-hydrogen) atoms. The van der Waals surface area contributed by atoms with E-state index in [9.17, 15) is 9.59 Å². The number of benzene rings is 2. The van der Waals surface area contributed by atoms with Gasteiger partial charge in [0.2, 0.25) is 5.91 Å². The van der Waals surface area contributed by atoms with Crippen molar-refractivity contribution < 1.29 is 9.59 Å². The Labute approximate surface area is 187 Å². The van der Waals surface area contributed by atoms with Crippen LogP contribution in [0.3, 0.4) is 0 Å². The second-order valence-electron chi connectivity index (χ2n) is 6.09. The van der Waals surface area contributed by atoms with E-state index in [0.29, 0.717) is 32.7 Å². The van der Waals surface area contributed by atoms with Crippen LogP contribution in [0.15, 0.2) is 64.9 Å². The number of hydrogen-bond donors (Lipinski definition) is 2. The Bertz CT molecular complexity index is 1010. The Hall–Kier alpha value is -1.99. The van der Waals surface area contributed by atoms with E-state index in [1.54, 1.807) is 24.3 Å². The quantitative estimate of drug-likeness (QED) is 0.377. The molecule has 1 heterocycles. The number of nitrogens with one attached hydrogen (secondary N) is 2. The van der Waals surface area contributed by atoms with Gasteiger partial charge in [-0.3, -0.25) is 9.59 Å². The molecule has 0 fully saturated rings. The Morgan fingerprint density at radius 3 is 2.59 bits per heavy atom. The van der Waals surface area contributed by atoms with Crippen LogP contribution >= 0.6 is 46.3 Å². The molecule has 4 nitrogen and oxygen atoms in total. The molecule has 2 N–H and O–H groups in total.